The van der Waals surface area contributed by atoms with E-state index in [0.717, 1.165) is 11.1 Å². The minimum Gasteiger partial charge on any atom is -0.159 e. The molecule has 0 atom stereocenters. The van der Waals surface area contributed by atoms with Crippen LogP contribution in [-0.2, 0) is 0 Å². The summed E-state index contributed by atoms with van der Waals surface area (Å²) in [6.07, 6.45) is 9.04. The fraction of sp³-hybridized carbons (Fsp3) is 0.111. The summed E-state index contributed by atoms with van der Waals surface area (Å²) in [4.78, 5) is 0. The van der Waals surface area contributed by atoms with Crippen LogP contribution >= 0.6 is 0 Å². The van der Waals surface area contributed by atoms with Crippen LogP contribution in [0.15, 0.2) is 31.1 Å². The normalized spacial score (nSPS) is 10.3. The summed E-state index contributed by atoms with van der Waals surface area (Å²) in [7, 11) is 0. The van der Waals surface area contributed by atoms with Crippen LogP contribution < -0.4 is 0 Å². The number of hydrogen-bond donors (Lipinski definition) is 0. The van der Waals surface area contributed by atoms with Gasteiger partial charge >= 0.3 is 0 Å². The van der Waals surface area contributed by atoms with Crippen molar-refractivity contribution in [1.29, 1.82) is 0 Å². The van der Waals surface area contributed by atoms with Crippen LogP contribution in [0.4, 0.5) is 0 Å². The maximum Gasteiger partial charge on any atom is 0.0571 e. The summed E-state index contributed by atoms with van der Waals surface area (Å²) in [6, 6.07) is 0. The molecular formula is C9H10N2. The van der Waals surface area contributed by atoms with Crippen LogP contribution in [0, 0.1) is 6.92 Å². The summed E-state index contributed by atoms with van der Waals surface area (Å²) >= 11 is 0. The Labute approximate surface area is 66.3 Å². The summed E-state index contributed by atoms with van der Waals surface area (Å²) in [5.74, 6) is 0. The lowest BCUT2D eigenvalue weighted by Gasteiger charge is -1.94. The number of nitrogens with zero attached hydrogens (tertiary/aromatic N) is 2. The molecule has 0 aliphatic rings. The molecule has 0 unspecified atom stereocenters. The van der Waals surface area contributed by atoms with E-state index in [1.807, 2.05) is 19.1 Å². The standard InChI is InChI=1S/C9H10N2/c1-3-4-5-9-7-11-10-6-8(9)2/h3-7H,1H2,2H3. The Morgan fingerprint density at radius 1 is 1.36 bits per heavy atom. The van der Waals surface area contributed by atoms with Gasteiger partial charge in [0.15, 0.2) is 0 Å². The monoisotopic (exact) mass is 146 g/mol. The molecule has 0 amide bonds. The summed E-state index contributed by atoms with van der Waals surface area (Å²) in [5, 5.41) is 7.51. The third kappa shape index (κ3) is 2.00. The van der Waals surface area contributed by atoms with E-state index in [1.54, 1.807) is 18.5 Å². The van der Waals surface area contributed by atoms with Crippen LogP contribution in [0.1, 0.15) is 11.1 Å². The molecule has 11 heavy (non-hydrogen) atoms. The van der Waals surface area contributed by atoms with Gasteiger partial charge in [0.1, 0.15) is 0 Å². The highest BCUT2D eigenvalue weighted by molar-refractivity contribution is 5.52. The van der Waals surface area contributed by atoms with E-state index < -0.39 is 0 Å². The van der Waals surface area contributed by atoms with Crippen molar-refractivity contribution >= 4 is 6.08 Å². The molecule has 1 rings (SSSR count). The van der Waals surface area contributed by atoms with Crippen molar-refractivity contribution in [1.82, 2.24) is 10.2 Å². The quantitative estimate of drug-likeness (QED) is 0.596. The fourth-order valence-electron chi connectivity index (χ4n) is 0.738. The molecular weight excluding hydrogens is 136 g/mol. The van der Waals surface area contributed by atoms with E-state index in [1.165, 1.54) is 0 Å². The van der Waals surface area contributed by atoms with Crippen molar-refractivity contribution in [3.05, 3.63) is 42.3 Å². The van der Waals surface area contributed by atoms with Gasteiger partial charge in [-0.2, -0.15) is 10.2 Å². The molecule has 0 bridgehead atoms. The molecule has 2 nitrogen and oxygen atoms in total. The molecule has 0 aliphatic carbocycles. The molecule has 0 fully saturated rings. The summed E-state index contributed by atoms with van der Waals surface area (Å²) in [5.41, 5.74) is 2.21. The van der Waals surface area contributed by atoms with E-state index in [4.69, 9.17) is 0 Å². The smallest absolute Gasteiger partial charge is 0.0571 e. The van der Waals surface area contributed by atoms with E-state index in [-0.39, 0.29) is 0 Å². The molecule has 0 saturated carbocycles. The van der Waals surface area contributed by atoms with Gasteiger partial charge in [-0.3, -0.25) is 0 Å². The molecule has 0 aromatic carbocycles. The molecule has 1 aromatic rings. The molecule has 0 radical (unpaired) electrons. The van der Waals surface area contributed by atoms with Crippen LogP contribution in [0.5, 0.6) is 0 Å². The van der Waals surface area contributed by atoms with Crippen molar-refractivity contribution < 1.29 is 0 Å². The van der Waals surface area contributed by atoms with E-state index in [2.05, 4.69) is 16.8 Å². The zero-order valence-electron chi connectivity index (χ0n) is 6.49. The molecule has 1 aromatic heterocycles. The number of hydrogen-bond acceptors (Lipinski definition) is 2. The Hall–Kier alpha value is -1.44. The summed E-state index contributed by atoms with van der Waals surface area (Å²) in [6.45, 7) is 5.58. The van der Waals surface area contributed by atoms with Crippen LogP contribution in [0.2, 0.25) is 0 Å². The number of aryl methyl sites for hydroxylation is 1. The minimum absolute atomic E-state index is 1.08. The Kier molecular flexibility index (Phi) is 2.55. The highest BCUT2D eigenvalue weighted by atomic mass is 15.1. The van der Waals surface area contributed by atoms with E-state index in [0.29, 0.717) is 0 Å². The van der Waals surface area contributed by atoms with Gasteiger partial charge in [-0.05, 0) is 18.1 Å². The zero-order valence-corrected chi connectivity index (χ0v) is 6.49. The minimum atomic E-state index is 1.08. The first-order chi connectivity index (χ1) is 5.34. The van der Waals surface area contributed by atoms with Gasteiger partial charge in [-0.15, -0.1) is 0 Å². The molecule has 0 N–H and O–H groups in total. The van der Waals surface area contributed by atoms with Gasteiger partial charge in [0.2, 0.25) is 0 Å². The van der Waals surface area contributed by atoms with Crippen molar-refractivity contribution in [3.63, 3.8) is 0 Å². The molecule has 1 heterocycles. The zero-order chi connectivity index (χ0) is 8.10. The molecule has 56 valence electrons. The number of allylic oxidation sites excluding steroid dienone is 2. The SMILES string of the molecule is C=CC=Cc1cnncc1C. The van der Waals surface area contributed by atoms with Gasteiger partial charge in [0.05, 0.1) is 12.4 Å². The topological polar surface area (TPSA) is 25.8 Å². The first-order valence-corrected chi connectivity index (χ1v) is 3.41. The second kappa shape index (κ2) is 3.66. The van der Waals surface area contributed by atoms with Gasteiger partial charge in [0.25, 0.3) is 0 Å². The molecule has 0 spiro atoms. The van der Waals surface area contributed by atoms with Crippen LogP contribution in [-0.4, -0.2) is 10.2 Å². The van der Waals surface area contributed by atoms with Crippen molar-refractivity contribution in [2.45, 2.75) is 6.92 Å². The lowest BCUT2D eigenvalue weighted by molar-refractivity contribution is 1.01. The van der Waals surface area contributed by atoms with Gasteiger partial charge in [-0.25, -0.2) is 0 Å². The van der Waals surface area contributed by atoms with Gasteiger partial charge in [-0.1, -0.05) is 24.8 Å². The van der Waals surface area contributed by atoms with Gasteiger partial charge in [0, 0.05) is 0 Å². The lowest BCUT2D eigenvalue weighted by atomic mass is 10.2. The first kappa shape index (κ1) is 7.66. The molecule has 2 heteroatoms. The molecule has 0 aliphatic heterocycles. The fourth-order valence-corrected chi connectivity index (χ4v) is 0.738. The van der Waals surface area contributed by atoms with E-state index in [9.17, 15) is 0 Å². The Bertz CT molecular complexity index is 277. The van der Waals surface area contributed by atoms with Crippen molar-refractivity contribution in [2.24, 2.45) is 0 Å². The third-order valence-corrected chi connectivity index (χ3v) is 1.38. The van der Waals surface area contributed by atoms with Gasteiger partial charge < -0.3 is 0 Å². The largest absolute Gasteiger partial charge is 0.159 e. The maximum absolute atomic E-state index is 3.76. The second-order valence-corrected chi connectivity index (χ2v) is 2.22. The Morgan fingerprint density at radius 2 is 2.09 bits per heavy atom. The second-order valence-electron chi connectivity index (χ2n) is 2.22. The Balaban J connectivity index is 2.94. The lowest BCUT2D eigenvalue weighted by Crippen LogP contribution is -1.85. The summed E-state index contributed by atoms with van der Waals surface area (Å²) < 4.78 is 0. The third-order valence-electron chi connectivity index (χ3n) is 1.38. The Morgan fingerprint density at radius 3 is 2.73 bits per heavy atom. The van der Waals surface area contributed by atoms with E-state index >= 15 is 0 Å². The predicted molar refractivity (Wildman–Crippen MR) is 46.0 cm³/mol. The number of rotatable bonds is 2. The average Bonchev–Trinajstić information content (AvgIpc) is 2.03. The van der Waals surface area contributed by atoms with Crippen LogP contribution in [0.25, 0.3) is 6.08 Å². The van der Waals surface area contributed by atoms with Crippen LogP contribution in [0.3, 0.4) is 0 Å². The number of aromatic nitrogens is 2. The predicted octanol–water partition coefficient (Wildman–Crippen LogP) is 1.98. The highest BCUT2D eigenvalue weighted by Crippen LogP contribution is 2.04. The maximum atomic E-state index is 3.76. The highest BCUT2D eigenvalue weighted by Gasteiger charge is 1.90. The molecule has 0 saturated heterocycles. The first-order valence-electron chi connectivity index (χ1n) is 3.41. The average molecular weight is 146 g/mol. The van der Waals surface area contributed by atoms with Crippen molar-refractivity contribution in [3.8, 4) is 0 Å². The van der Waals surface area contributed by atoms with Crippen molar-refractivity contribution in [2.75, 3.05) is 0 Å².